The molecule has 1 aromatic carbocycles. The molecule has 2 heterocycles. The van der Waals surface area contributed by atoms with E-state index in [0.717, 1.165) is 17.5 Å². The highest BCUT2D eigenvalue weighted by Crippen LogP contribution is 2.24. The summed E-state index contributed by atoms with van der Waals surface area (Å²) in [4.78, 5) is 18.6. The van der Waals surface area contributed by atoms with E-state index in [1.54, 1.807) is 37.4 Å². The highest BCUT2D eigenvalue weighted by Gasteiger charge is 2.21. The lowest BCUT2D eigenvalue weighted by atomic mass is 9.96. The van der Waals surface area contributed by atoms with Crippen LogP contribution in [0.3, 0.4) is 0 Å². The first-order valence-corrected chi connectivity index (χ1v) is 7.17. The van der Waals surface area contributed by atoms with Crippen LogP contribution in [0.15, 0.2) is 36.5 Å². The van der Waals surface area contributed by atoms with Gasteiger partial charge in [-0.05, 0) is 29.7 Å². The van der Waals surface area contributed by atoms with Crippen LogP contribution >= 0.6 is 0 Å². The molecule has 0 radical (unpaired) electrons. The molecule has 1 aliphatic rings. The third-order valence-electron chi connectivity index (χ3n) is 3.86. The number of hydrogen-bond donors (Lipinski definition) is 0. The Morgan fingerprint density at radius 3 is 3.05 bits per heavy atom. The summed E-state index contributed by atoms with van der Waals surface area (Å²) < 4.78 is 10.6. The van der Waals surface area contributed by atoms with Crippen LogP contribution in [0, 0.1) is 0 Å². The second-order valence-electron chi connectivity index (χ2n) is 5.16. The van der Waals surface area contributed by atoms with Crippen LogP contribution in [0.4, 0.5) is 5.82 Å². The quantitative estimate of drug-likeness (QED) is 0.873. The third-order valence-corrected chi connectivity index (χ3v) is 3.86. The largest absolute Gasteiger partial charge is 0.497 e. The Morgan fingerprint density at radius 2 is 2.23 bits per heavy atom. The standard InChI is InChI=1S/C17H18N2O3/c1-19(16-10-13(21-2)6-8-18-16)17(20)15-5-3-4-12-11-22-9-7-14(12)15/h3-6,8,10H,7,9,11H2,1-2H3. The Morgan fingerprint density at radius 1 is 1.36 bits per heavy atom. The fourth-order valence-electron chi connectivity index (χ4n) is 2.62. The van der Waals surface area contributed by atoms with Crippen molar-refractivity contribution >= 4 is 11.7 Å². The van der Waals surface area contributed by atoms with Gasteiger partial charge in [0.2, 0.25) is 0 Å². The van der Waals surface area contributed by atoms with E-state index in [2.05, 4.69) is 4.98 Å². The molecular formula is C17H18N2O3. The SMILES string of the molecule is COc1ccnc(N(C)C(=O)c2cccc3c2CCOC3)c1. The van der Waals surface area contributed by atoms with Crippen molar-refractivity contribution < 1.29 is 14.3 Å². The van der Waals surface area contributed by atoms with Crippen LogP contribution in [0.1, 0.15) is 21.5 Å². The van der Waals surface area contributed by atoms with Crippen LogP contribution in [0.25, 0.3) is 0 Å². The van der Waals surface area contributed by atoms with Crippen molar-refractivity contribution in [3.63, 3.8) is 0 Å². The van der Waals surface area contributed by atoms with E-state index in [-0.39, 0.29) is 5.91 Å². The molecule has 1 aromatic heterocycles. The number of nitrogens with zero attached hydrogens (tertiary/aromatic N) is 2. The number of carbonyl (C=O) groups is 1. The maximum atomic E-state index is 12.8. The number of hydrogen-bond acceptors (Lipinski definition) is 4. The summed E-state index contributed by atoms with van der Waals surface area (Å²) in [6.45, 7) is 1.22. The zero-order chi connectivity index (χ0) is 15.5. The smallest absolute Gasteiger partial charge is 0.259 e. The molecule has 22 heavy (non-hydrogen) atoms. The molecule has 0 saturated carbocycles. The molecule has 0 bridgehead atoms. The molecule has 0 spiro atoms. The van der Waals surface area contributed by atoms with E-state index in [9.17, 15) is 4.79 Å². The molecule has 1 aliphatic heterocycles. The second-order valence-corrected chi connectivity index (χ2v) is 5.16. The molecule has 2 aromatic rings. The van der Waals surface area contributed by atoms with Gasteiger partial charge in [0.1, 0.15) is 11.6 Å². The van der Waals surface area contributed by atoms with Gasteiger partial charge in [0.05, 0.1) is 20.3 Å². The normalized spacial score (nSPS) is 13.4. The van der Waals surface area contributed by atoms with Crippen LogP contribution < -0.4 is 9.64 Å². The number of anilines is 1. The van der Waals surface area contributed by atoms with E-state index in [1.807, 2.05) is 18.2 Å². The summed E-state index contributed by atoms with van der Waals surface area (Å²) in [6.07, 6.45) is 2.39. The minimum Gasteiger partial charge on any atom is -0.497 e. The van der Waals surface area contributed by atoms with Gasteiger partial charge >= 0.3 is 0 Å². The van der Waals surface area contributed by atoms with Crippen LogP contribution in [-0.4, -0.2) is 31.7 Å². The highest BCUT2D eigenvalue weighted by molar-refractivity contribution is 6.06. The lowest BCUT2D eigenvalue weighted by Gasteiger charge is -2.22. The van der Waals surface area contributed by atoms with Gasteiger partial charge in [0, 0.05) is 24.9 Å². The molecule has 0 atom stereocenters. The number of aromatic nitrogens is 1. The summed E-state index contributed by atoms with van der Waals surface area (Å²) in [5.74, 6) is 1.17. The van der Waals surface area contributed by atoms with E-state index < -0.39 is 0 Å². The Kier molecular flexibility index (Phi) is 4.06. The molecule has 0 N–H and O–H groups in total. The molecule has 0 saturated heterocycles. The Balaban J connectivity index is 1.93. The Labute approximate surface area is 129 Å². The first kappa shape index (κ1) is 14.5. The van der Waals surface area contributed by atoms with Gasteiger partial charge in [-0.15, -0.1) is 0 Å². The summed E-state index contributed by atoms with van der Waals surface area (Å²) in [5.41, 5.74) is 2.88. The topological polar surface area (TPSA) is 51.7 Å². The zero-order valence-electron chi connectivity index (χ0n) is 12.7. The summed E-state index contributed by atoms with van der Waals surface area (Å²) >= 11 is 0. The molecule has 3 rings (SSSR count). The average Bonchev–Trinajstić information content (AvgIpc) is 2.60. The minimum absolute atomic E-state index is 0.0699. The molecule has 0 unspecified atom stereocenters. The lowest BCUT2D eigenvalue weighted by molar-refractivity contribution is 0.0977. The van der Waals surface area contributed by atoms with E-state index >= 15 is 0 Å². The molecule has 1 amide bonds. The summed E-state index contributed by atoms with van der Waals surface area (Å²) in [5, 5.41) is 0. The van der Waals surface area contributed by atoms with Crippen molar-refractivity contribution in [3.05, 3.63) is 53.2 Å². The maximum Gasteiger partial charge on any atom is 0.259 e. The van der Waals surface area contributed by atoms with Gasteiger partial charge in [-0.25, -0.2) is 4.98 Å². The molecule has 5 nitrogen and oxygen atoms in total. The van der Waals surface area contributed by atoms with Crippen LogP contribution in [-0.2, 0) is 17.8 Å². The van der Waals surface area contributed by atoms with Gasteiger partial charge in [0.15, 0.2) is 0 Å². The van der Waals surface area contributed by atoms with Crippen LogP contribution in [0.2, 0.25) is 0 Å². The van der Waals surface area contributed by atoms with Crippen molar-refractivity contribution in [2.24, 2.45) is 0 Å². The number of rotatable bonds is 3. The average molecular weight is 298 g/mol. The van der Waals surface area contributed by atoms with E-state index in [4.69, 9.17) is 9.47 Å². The van der Waals surface area contributed by atoms with Gasteiger partial charge < -0.3 is 9.47 Å². The van der Waals surface area contributed by atoms with Crippen molar-refractivity contribution in [3.8, 4) is 5.75 Å². The molecule has 0 fully saturated rings. The number of amides is 1. The van der Waals surface area contributed by atoms with E-state index in [1.165, 1.54) is 0 Å². The van der Waals surface area contributed by atoms with Gasteiger partial charge in [-0.2, -0.15) is 0 Å². The van der Waals surface area contributed by atoms with Gasteiger partial charge in [0.25, 0.3) is 5.91 Å². The molecular weight excluding hydrogens is 280 g/mol. The first-order chi connectivity index (χ1) is 10.7. The van der Waals surface area contributed by atoms with Gasteiger partial charge in [-0.3, -0.25) is 9.69 Å². The predicted molar refractivity (Wildman–Crippen MR) is 83.3 cm³/mol. The Hall–Kier alpha value is -2.40. The number of ether oxygens (including phenoxy) is 2. The lowest BCUT2D eigenvalue weighted by Crippen LogP contribution is -2.29. The molecule has 5 heteroatoms. The summed E-state index contributed by atoms with van der Waals surface area (Å²) in [7, 11) is 3.32. The fourth-order valence-corrected chi connectivity index (χ4v) is 2.62. The number of benzene rings is 1. The first-order valence-electron chi connectivity index (χ1n) is 7.17. The monoisotopic (exact) mass is 298 g/mol. The summed E-state index contributed by atoms with van der Waals surface area (Å²) in [6, 6.07) is 9.27. The zero-order valence-corrected chi connectivity index (χ0v) is 12.7. The highest BCUT2D eigenvalue weighted by atomic mass is 16.5. The number of carbonyl (C=O) groups excluding carboxylic acids is 1. The predicted octanol–water partition coefficient (Wildman–Crippen LogP) is 2.44. The number of fused-ring (bicyclic) bond motifs is 1. The van der Waals surface area contributed by atoms with Gasteiger partial charge in [-0.1, -0.05) is 12.1 Å². The third kappa shape index (κ3) is 2.67. The minimum atomic E-state index is -0.0699. The number of pyridine rings is 1. The number of methoxy groups -OCH3 is 1. The molecule has 0 aliphatic carbocycles. The fraction of sp³-hybridized carbons (Fsp3) is 0.294. The second kappa shape index (κ2) is 6.15. The van der Waals surface area contributed by atoms with E-state index in [0.29, 0.717) is 30.3 Å². The van der Waals surface area contributed by atoms with Crippen LogP contribution in [0.5, 0.6) is 5.75 Å². The van der Waals surface area contributed by atoms with Crippen molar-refractivity contribution in [2.45, 2.75) is 13.0 Å². The maximum absolute atomic E-state index is 12.8. The Bertz CT molecular complexity index is 700. The van der Waals surface area contributed by atoms with Crippen molar-refractivity contribution in [1.82, 2.24) is 4.98 Å². The van der Waals surface area contributed by atoms with Crippen molar-refractivity contribution in [2.75, 3.05) is 25.7 Å². The van der Waals surface area contributed by atoms with Crippen molar-refractivity contribution in [1.29, 1.82) is 0 Å². The molecule has 114 valence electrons.